The standard InChI is InChI=1S/C20H18N2O2/c23-20(19-10-5-11-24-19)22-21-13-18-16-8-3-1-6-14(16)12-15-7-2-4-9-17(15)18/h1-4,6-9,12-13,19H,5,10-11H2,(H,22,23)/b21-13-/t19-/m0/s1. The number of carbonyl (C=O) groups excluding carboxylic acids is 1. The zero-order valence-electron chi connectivity index (χ0n) is 13.2. The summed E-state index contributed by atoms with van der Waals surface area (Å²) in [6, 6.07) is 18.6. The van der Waals surface area contributed by atoms with Crippen LogP contribution in [0.3, 0.4) is 0 Å². The van der Waals surface area contributed by atoms with Crippen LogP contribution in [0, 0.1) is 0 Å². The lowest BCUT2D eigenvalue weighted by Gasteiger charge is -2.09. The number of fused-ring (bicyclic) bond motifs is 2. The molecule has 3 aromatic carbocycles. The molecule has 1 saturated heterocycles. The molecule has 0 bridgehead atoms. The summed E-state index contributed by atoms with van der Waals surface area (Å²) in [5.41, 5.74) is 3.62. The molecule has 0 radical (unpaired) electrons. The first-order valence-corrected chi connectivity index (χ1v) is 8.18. The van der Waals surface area contributed by atoms with Gasteiger partial charge in [0.1, 0.15) is 6.10 Å². The van der Waals surface area contributed by atoms with E-state index in [1.807, 2.05) is 24.3 Å². The first-order chi connectivity index (χ1) is 11.8. The number of amides is 1. The van der Waals surface area contributed by atoms with Crippen molar-refractivity contribution in [2.24, 2.45) is 5.10 Å². The minimum Gasteiger partial charge on any atom is -0.368 e. The molecule has 24 heavy (non-hydrogen) atoms. The Balaban J connectivity index is 1.70. The Labute approximate surface area is 140 Å². The van der Waals surface area contributed by atoms with E-state index in [0.717, 1.165) is 39.9 Å². The number of nitrogens with one attached hydrogen (secondary N) is 1. The summed E-state index contributed by atoms with van der Waals surface area (Å²) in [6.45, 7) is 0.649. The maximum Gasteiger partial charge on any atom is 0.269 e. The van der Waals surface area contributed by atoms with Crippen LogP contribution in [-0.4, -0.2) is 24.8 Å². The highest BCUT2D eigenvalue weighted by atomic mass is 16.5. The topological polar surface area (TPSA) is 50.7 Å². The molecule has 120 valence electrons. The van der Waals surface area contributed by atoms with E-state index >= 15 is 0 Å². The molecule has 0 saturated carbocycles. The first kappa shape index (κ1) is 14.8. The second-order valence-corrected chi connectivity index (χ2v) is 5.97. The lowest BCUT2D eigenvalue weighted by Crippen LogP contribution is -2.30. The molecular formula is C20H18N2O2. The summed E-state index contributed by atoms with van der Waals surface area (Å²) in [7, 11) is 0. The van der Waals surface area contributed by atoms with E-state index in [-0.39, 0.29) is 12.0 Å². The Bertz CT molecular complexity index is 873. The highest BCUT2D eigenvalue weighted by molar-refractivity contribution is 6.13. The minimum atomic E-state index is -0.369. The smallest absolute Gasteiger partial charge is 0.269 e. The molecule has 1 aliphatic heterocycles. The largest absolute Gasteiger partial charge is 0.368 e. The molecule has 1 aliphatic rings. The van der Waals surface area contributed by atoms with E-state index < -0.39 is 0 Å². The molecule has 4 heteroatoms. The van der Waals surface area contributed by atoms with E-state index in [4.69, 9.17) is 4.74 Å². The summed E-state index contributed by atoms with van der Waals surface area (Å²) in [6.07, 6.45) is 3.05. The molecule has 0 aliphatic carbocycles. The van der Waals surface area contributed by atoms with E-state index in [1.54, 1.807) is 6.21 Å². The van der Waals surface area contributed by atoms with Crippen LogP contribution in [0.25, 0.3) is 21.5 Å². The van der Waals surface area contributed by atoms with Gasteiger partial charge in [-0.3, -0.25) is 4.79 Å². The second kappa shape index (κ2) is 6.42. The Morgan fingerprint density at radius 1 is 1.08 bits per heavy atom. The van der Waals surface area contributed by atoms with Gasteiger partial charge < -0.3 is 4.74 Å². The SMILES string of the molecule is O=C(N/N=C\c1c2ccccc2cc2ccccc12)[C@@H]1CCCO1. The maximum absolute atomic E-state index is 12.0. The van der Waals surface area contributed by atoms with Crippen molar-refractivity contribution in [3.63, 3.8) is 0 Å². The lowest BCUT2D eigenvalue weighted by molar-refractivity contribution is -0.130. The molecule has 3 aromatic rings. The highest BCUT2D eigenvalue weighted by Crippen LogP contribution is 2.27. The van der Waals surface area contributed by atoms with E-state index in [2.05, 4.69) is 40.9 Å². The predicted molar refractivity (Wildman–Crippen MR) is 96.2 cm³/mol. The molecule has 0 unspecified atom stereocenters. The third-order valence-electron chi connectivity index (χ3n) is 4.40. The fraction of sp³-hybridized carbons (Fsp3) is 0.200. The van der Waals surface area contributed by atoms with Crippen molar-refractivity contribution < 1.29 is 9.53 Å². The third-order valence-corrected chi connectivity index (χ3v) is 4.40. The Morgan fingerprint density at radius 3 is 2.38 bits per heavy atom. The van der Waals surface area contributed by atoms with Crippen molar-refractivity contribution in [2.45, 2.75) is 18.9 Å². The van der Waals surface area contributed by atoms with Gasteiger partial charge in [-0.15, -0.1) is 0 Å². The van der Waals surface area contributed by atoms with Crippen LogP contribution in [0.15, 0.2) is 59.7 Å². The number of hydrogen-bond acceptors (Lipinski definition) is 3. The maximum atomic E-state index is 12.0. The molecule has 0 aromatic heterocycles. The summed E-state index contributed by atoms with van der Waals surface area (Å²) in [5, 5.41) is 8.73. The van der Waals surface area contributed by atoms with Gasteiger partial charge in [-0.25, -0.2) is 5.43 Å². The molecule has 1 atom stereocenters. The van der Waals surface area contributed by atoms with Gasteiger partial charge in [-0.05, 0) is 40.5 Å². The van der Waals surface area contributed by atoms with Gasteiger partial charge in [0.2, 0.25) is 0 Å². The van der Waals surface area contributed by atoms with Crippen LogP contribution in [-0.2, 0) is 9.53 Å². The van der Waals surface area contributed by atoms with Crippen LogP contribution in [0.5, 0.6) is 0 Å². The average Bonchev–Trinajstić information content (AvgIpc) is 3.16. The average molecular weight is 318 g/mol. The molecular weight excluding hydrogens is 300 g/mol. The zero-order valence-corrected chi connectivity index (χ0v) is 13.2. The van der Waals surface area contributed by atoms with Gasteiger partial charge in [0.25, 0.3) is 5.91 Å². The fourth-order valence-corrected chi connectivity index (χ4v) is 3.20. The normalized spacial score (nSPS) is 17.8. The Kier molecular flexibility index (Phi) is 3.97. The molecule has 4 nitrogen and oxygen atoms in total. The molecule has 1 fully saturated rings. The fourth-order valence-electron chi connectivity index (χ4n) is 3.20. The van der Waals surface area contributed by atoms with Gasteiger partial charge in [-0.1, -0.05) is 48.5 Å². The highest BCUT2D eigenvalue weighted by Gasteiger charge is 2.22. The van der Waals surface area contributed by atoms with Gasteiger partial charge in [0.15, 0.2) is 0 Å². The summed E-state index contributed by atoms with van der Waals surface area (Å²) in [4.78, 5) is 12.0. The van der Waals surface area contributed by atoms with Crippen molar-refractivity contribution in [3.05, 3.63) is 60.2 Å². The monoisotopic (exact) mass is 318 g/mol. The van der Waals surface area contributed by atoms with Crippen molar-refractivity contribution in [3.8, 4) is 0 Å². The molecule has 1 amide bonds. The van der Waals surface area contributed by atoms with Crippen LogP contribution < -0.4 is 5.43 Å². The number of hydrogen-bond donors (Lipinski definition) is 1. The Hall–Kier alpha value is -2.72. The second-order valence-electron chi connectivity index (χ2n) is 5.97. The summed E-state index contributed by atoms with van der Waals surface area (Å²) < 4.78 is 5.37. The van der Waals surface area contributed by atoms with Crippen molar-refractivity contribution in [1.82, 2.24) is 5.43 Å². The Morgan fingerprint density at radius 2 is 1.75 bits per heavy atom. The van der Waals surface area contributed by atoms with E-state index in [9.17, 15) is 4.79 Å². The number of rotatable bonds is 3. The van der Waals surface area contributed by atoms with Gasteiger partial charge in [0, 0.05) is 12.2 Å². The predicted octanol–water partition coefficient (Wildman–Crippen LogP) is 3.62. The van der Waals surface area contributed by atoms with Crippen LogP contribution in [0.1, 0.15) is 18.4 Å². The molecule has 0 spiro atoms. The van der Waals surface area contributed by atoms with Crippen molar-refractivity contribution in [2.75, 3.05) is 6.61 Å². The number of carbonyl (C=O) groups is 1. The van der Waals surface area contributed by atoms with Gasteiger partial charge in [-0.2, -0.15) is 5.10 Å². The minimum absolute atomic E-state index is 0.173. The molecule has 1 heterocycles. The van der Waals surface area contributed by atoms with Crippen molar-refractivity contribution in [1.29, 1.82) is 0 Å². The van der Waals surface area contributed by atoms with Crippen LogP contribution >= 0.6 is 0 Å². The molecule has 1 N–H and O–H groups in total. The van der Waals surface area contributed by atoms with Gasteiger partial charge >= 0.3 is 0 Å². The van der Waals surface area contributed by atoms with Crippen molar-refractivity contribution >= 4 is 33.7 Å². The van der Waals surface area contributed by atoms with E-state index in [1.165, 1.54) is 0 Å². The number of ether oxygens (including phenoxy) is 1. The first-order valence-electron chi connectivity index (χ1n) is 8.18. The van der Waals surface area contributed by atoms with E-state index in [0.29, 0.717) is 6.61 Å². The molecule has 4 rings (SSSR count). The number of hydrazone groups is 1. The third kappa shape index (κ3) is 2.76. The number of nitrogens with zero attached hydrogens (tertiary/aromatic N) is 1. The summed E-state index contributed by atoms with van der Waals surface area (Å²) >= 11 is 0. The zero-order chi connectivity index (χ0) is 16.4. The van der Waals surface area contributed by atoms with Crippen LogP contribution in [0.4, 0.5) is 0 Å². The number of benzene rings is 3. The quantitative estimate of drug-likeness (QED) is 0.455. The lowest BCUT2D eigenvalue weighted by atomic mass is 9.97. The van der Waals surface area contributed by atoms with Crippen LogP contribution in [0.2, 0.25) is 0 Å². The summed E-state index contributed by atoms with van der Waals surface area (Å²) in [5.74, 6) is -0.173. The van der Waals surface area contributed by atoms with Gasteiger partial charge in [0.05, 0.1) is 6.21 Å².